The number of carboxylic acids is 1. The fourth-order valence-electron chi connectivity index (χ4n) is 11.5. The highest BCUT2D eigenvalue weighted by molar-refractivity contribution is 5.66. The van der Waals surface area contributed by atoms with Gasteiger partial charge in [0.15, 0.2) is 0 Å². The summed E-state index contributed by atoms with van der Waals surface area (Å²) < 4.78 is 0. The zero-order chi connectivity index (χ0) is 33.7. The fraction of sp³-hybridized carbons (Fsp3) is 0.844. The van der Waals surface area contributed by atoms with Crippen LogP contribution in [0.1, 0.15) is 189 Å². The van der Waals surface area contributed by atoms with Gasteiger partial charge in [0, 0.05) is 6.42 Å². The number of aliphatic carboxylic acids is 1. The molecule has 3 fully saturated rings. The Hall–Kier alpha value is -1.31. The average molecular weight is 649 g/mol. The van der Waals surface area contributed by atoms with Gasteiger partial charge in [0.05, 0.1) is 0 Å². The van der Waals surface area contributed by atoms with Crippen molar-refractivity contribution >= 4 is 5.97 Å². The lowest BCUT2D eigenvalue weighted by Crippen LogP contribution is -2.50. The van der Waals surface area contributed by atoms with Gasteiger partial charge < -0.3 is 5.11 Å². The Morgan fingerprint density at radius 2 is 1.51 bits per heavy atom. The summed E-state index contributed by atoms with van der Waals surface area (Å²) in [5.41, 5.74) is 3.00. The second kappa shape index (κ2) is 19.2. The first kappa shape index (κ1) is 38.5. The molecule has 2 nitrogen and oxygen atoms in total. The molecule has 3 saturated carbocycles. The van der Waals surface area contributed by atoms with E-state index in [0.717, 1.165) is 67.1 Å². The molecule has 4 rings (SSSR count). The highest BCUT2D eigenvalue weighted by Crippen LogP contribution is 2.67. The molecule has 47 heavy (non-hydrogen) atoms. The molecule has 4 aliphatic rings. The van der Waals surface area contributed by atoms with E-state index in [-0.39, 0.29) is 0 Å². The van der Waals surface area contributed by atoms with Gasteiger partial charge >= 0.3 is 5.97 Å². The van der Waals surface area contributed by atoms with Crippen LogP contribution in [-0.2, 0) is 4.79 Å². The van der Waals surface area contributed by atoms with E-state index in [9.17, 15) is 4.79 Å². The van der Waals surface area contributed by atoms with Gasteiger partial charge in [-0.25, -0.2) is 0 Å². The maximum Gasteiger partial charge on any atom is 0.303 e. The zero-order valence-electron chi connectivity index (χ0n) is 31.8. The topological polar surface area (TPSA) is 37.3 Å². The Bertz CT molecular complexity index is 1020. The number of fused-ring (bicyclic) bond motifs is 5. The van der Waals surface area contributed by atoms with Gasteiger partial charge in [-0.2, -0.15) is 0 Å². The van der Waals surface area contributed by atoms with Crippen molar-refractivity contribution in [2.45, 2.75) is 189 Å². The standard InChI is InChI=1S/C45H76O2/c1-35(2)22-21-23-36(3)40-28-29-41-39-27-26-38-34-37(30-32-44(38,4)42(39)31-33-45(40,41)5)24-19-17-15-13-11-9-7-6-8-10-12-14-16-18-20-25-43(46)47/h6,8-9,11,26,35-37,39-42H,7,10,12-25,27-34H2,1-5H3,(H,46,47)/b8-6-,11-9-/t36-,37?,39?,40-,41?,42?,44+,45-/m1/s1. The molecule has 0 aromatic rings. The SMILES string of the molecule is CC(C)CCC[C@@H](C)[C@H]1CCC2C3CC=C4CC(CCCCC/C=C\C/C=C\CCCCCCCC(=O)O)CC[C@]4(C)C3CC[C@@]21C. The highest BCUT2D eigenvalue weighted by atomic mass is 16.4. The molecule has 0 aromatic carbocycles. The van der Waals surface area contributed by atoms with Crippen LogP contribution in [0.5, 0.6) is 0 Å². The minimum absolute atomic E-state index is 0.324. The minimum atomic E-state index is -0.663. The maximum absolute atomic E-state index is 10.5. The van der Waals surface area contributed by atoms with Gasteiger partial charge in [-0.15, -0.1) is 0 Å². The van der Waals surface area contributed by atoms with E-state index in [1.807, 2.05) is 5.57 Å². The van der Waals surface area contributed by atoms with Crippen molar-refractivity contribution in [2.24, 2.45) is 52.3 Å². The molecule has 2 heteroatoms. The van der Waals surface area contributed by atoms with E-state index < -0.39 is 5.97 Å². The molecular weight excluding hydrogens is 572 g/mol. The van der Waals surface area contributed by atoms with Crippen molar-refractivity contribution < 1.29 is 9.90 Å². The molecule has 8 atom stereocenters. The Balaban J connectivity index is 1.10. The van der Waals surface area contributed by atoms with Gasteiger partial charge in [0.25, 0.3) is 0 Å². The predicted octanol–water partition coefficient (Wildman–Crippen LogP) is 13.9. The second-order valence-electron chi connectivity index (χ2n) is 17.9. The Labute approximate surface area is 292 Å². The molecule has 0 heterocycles. The smallest absolute Gasteiger partial charge is 0.303 e. The summed E-state index contributed by atoms with van der Waals surface area (Å²) in [7, 11) is 0. The lowest BCUT2D eigenvalue weighted by atomic mass is 9.46. The van der Waals surface area contributed by atoms with Crippen LogP contribution in [0.15, 0.2) is 36.0 Å². The van der Waals surface area contributed by atoms with Crippen LogP contribution in [0.2, 0.25) is 0 Å². The number of hydrogen-bond acceptors (Lipinski definition) is 1. The van der Waals surface area contributed by atoms with E-state index in [4.69, 9.17) is 5.11 Å². The van der Waals surface area contributed by atoms with Crippen LogP contribution in [0.25, 0.3) is 0 Å². The molecular formula is C45H76O2. The zero-order valence-corrected chi connectivity index (χ0v) is 31.8. The molecule has 0 aliphatic heterocycles. The van der Waals surface area contributed by atoms with Crippen molar-refractivity contribution in [3.8, 4) is 0 Å². The van der Waals surface area contributed by atoms with Gasteiger partial charge in [0.2, 0.25) is 0 Å². The molecule has 0 bridgehead atoms. The quantitative estimate of drug-likeness (QED) is 0.0993. The number of rotatable bonds is 21. The van der Waals surface area contributed by atoms with Crippen LogP contribution < -0.4 is 0 Å². The summed E-state index contributed by atoms with van der Waals surface area (Å²) in [6.45, 7) is 12.9. The van der Waals surface area contributed by atoms with Crippen LogP contribution >= 0.6 is 0 Å². The number of allylic oxidation sites excluding steroid dienone is 6. The molecule has 1 N–H and O–H groups in total. The summed E-state index contributed by atoms with van der Waals surface area (Å²) in [6, 6.07) is 0. The van der Waals surface area contributed by atoms with E-state index in [1.54, 1.807) is 0 Å². The molecule has 0 spiro atoms. The average Bonchev–Trinajstić information content (AvgIpc) is 3.39. The fourth-order valence-corrected chi connectivity index (χ4v) is 11.5. The molecule has 0 amide bonds. The van der Waals surface area contributed by atoms with Crippen molar-refractivity contribution in [1.82, 2.24) is 0 Å². The third-order valence-corrected chi connectivity index (χ3v) is 14.3. The summed E-state index contributed by atoms with van der Waals surface area (Å²) >= 11 is 0. The molecule has 0 saturated heterocycles. The second-order valence-corrected chi connectivity index (χ2v) is 17.9. The Morgan fingerprint density at radius 3 is 2.23 bits per heavy atom. The molecule has 4 aliphatic carbocycles. The van der Waals surface area contributed by atoms with E-state index in [2.05, 4.69) is 65.0 Å². The van der Waals surface area contributed by atoms with Crippen molar-refractivity contribution in [1.29, 1.82) is 0 Å². The lowest BCUT2D eigenvalue weighted by molar-refractivity contribution is -0.137. The van der Waals surface area contributed by atoms with Crippen molar-refractivity contribution in [3.05, 3.63) is 36.0 Å². The summed E-state index contributed by atoms with van der Waals surface area (Å²) in [5.74, 6) is 5.91. The van der Waals surface area contributed by atoms with Gasteiger partial charge in [-0.1, -0.05) is 128 Å². The molecule has 0 aromatic heterocycles. The number of carbonyl (C=O) groups is 1. The Morgan fingerprint density at radius 1 is 0.809 bits per heavy atom. The maximum atomic E-state index is 10.5. The third-order valence-electron chi connectivity index (χ3n) is 14.3. The normalized spacial score (nSPS) is 32.8. The van der Waals surface area contributed by atoms with E-state index in [1.165, 1.54) is 122 Å². The monoisotopic (exact) mass is 649 g/mol. The number of hydrogen-bond donors (Lipinski definition) is 1. The summed E-state index contributed by atoms with van der Waals surface area (Å²) in [4.78, 5) is 10.5. The van der Waals surface area contributed by atoms with Crippen molar-refractivity contribution in [3.63, 3.8) is 0 Å². The van der Waals surface area contributed by atoms with Crippen LogP contribution in [0.4, 0.5) is 0 Å². The number of carboxylic acid groups (broad SMARTS) is 1. The Kier molecular flexibility index (Phi) is 15.7. The molecule has 4 unspecified atom stereocenters. The van der Waals surface area contributed by atoms with E-state index in [0.29, 0.717) is 17.3 Å². The summed E-state index contributed by atoms with van der Waals surface area (Å²) in [6.07, 6.45) is 43.2. The molecule has 268 valence electrons. The summed E-state index contributed by atoms with van der Waals surface area (Å²) in [5, 5.41) is 8.69. The first-order valence-corrected chi connectivity index (χ1v) is 20.9. The van der Waals surface area contributed by atoms with Crippen LogP contribution in [0.3, 0.4) is 0 Å². The first-order chi connectivity index (χ1) is 22.6. The largest absolute Gasteiger partial charge is 0.481 e. The lowest BCUT2D eigenvalue weighted by Gasteiger charge is -2.58. The highest BCUT2D eigenvalue weighted by Gasteiger charge is 2.59. The van der Waals surface area contributed by atoms with E-state index >= 15 is 0 Å². The van der Waals surface area contributed by atoms with Gasteiger partial charge in [0.1, 0.15) is 0 Å². The van der Waals surface area contributed by atoms with Gasteiger partial charge in [-0.3, -0.25) is 4.79 Å². The van der Waals surface area contributed by atoms with Crippen molar-refractivity contribution in [2.75, 3.05) is 0 Å². The predicted molar refractivity (Wildman–Crippen MR) is 202 cm³/mol. The van der Waals surface area contributed by atoms with Crippen LogP contribution in [0, 0.1) is 52.3 Å². The first-order valence-electron chi connectivity index (χ1n) is 20.9. The third kappa shape index (κ3) is 10.8. The minimum Gasteiger partial charge on any atom is -0.481 e. The molecule has 0 radical (unpaired) electrons. The number of unbranched alkanes of at least 4 members (excludes halogenated alkanes) is 8. The van der Waals surface area contributed by atoms with Gasteiger partial charge in [-0.05, 0) is 142 Å². The van der Waals surface area contributed by atoms with Crippen LogP contribution in [-0.4, -0.2) is 11.1 Å².